The highest BCUT2D eigenvalue weighted by Gasteiger charge is 2.27. The van der Waals surface area contributed by atoms with Gasteiger partial charge in [0.2, 0.25) is 0 Å². The predicted molar refractivity (Wildman–Crippen MR) is 107 cm³/mol. The van der Waals surface area contributed by atoms with Gasteiger partial charge in [-0.25, -0.2) is 4.68 Å². The van der Waals surface area contributed by atoms with Gasteiger partial charge in [-0.2, -0.15) is 5.10 Å². The van der Waals surface area contributed by atoms with E-state index >= 15 is 0 Å². The quantitative estimate of drug-likeness (QED) is 0.758. The Morgan fingerprint density at radius 1 is 1.11 bits per heavy atom. The van der Waals surface area contributed by atoms with Crippen LogP contribution in [0.15, 0.2) is 60.8 Å². The van der Waals surface area contributed by atoms with Crippen molar-refractivity contribution < 1.29 is 14.6 Å². The van der Waals surface area contributed by atoms with Gasteiger partial charge in [-0.1, -0.05) is 30.3 Å². The summed E-state index contributed by atoms with van der Waals surface area (Å²) in [5.74, 6) is 0.651. The summed E-state index contributed by atoms with van der Waals surface area (Å²) in [5, 5.41) is 14.5. The Morgan fingerprint density at radius 3 is 2.57 bits per heavy atom. The molecule has 0 unspecified atom stereocenters. The van der Waals surface area contributed by atoms with Crippen molar-refractivity contribution in [2.45, 2.75) is 18.9 Å². The van der Waals surface area contributed by atoms with Crippen molar-refractivity contribution >= 4 is 5.91 Å². The molecule has 3 aromatic rings. The summed E-state index contributed by atoms with van der Waals surface area (Å²) >= 11 is 0. The van der Waals surface area contributed by atoms with E-state index in [1.807, 2.05) is 54.6 Å². The number of amides is 1. The van der Waals surface area contributed by atoms with Crippen molar-refractivity contribution in [3.05, 3.63) is 66.4 Å². The number of piperidine rings is 1. The summed E-state index contributed by atoms with van der Waals surface area (Å²) in [5.41, 5.74) is 2.89. The minimum absolute atomic E-state index is 0.0631. The normalized spacial score (nSPS) is 14.9. The zero-order chi connectivity index (χ0) is 19.5. The molecule has 2 heterocycles. The lowest BCUT2D eigenvalue weighted by Gasteiger charge is -2.29. The van der Waals surface area contributed by atoms with Crippen LogP contribution in [0.5, 0.6) is 5.75 Å². The molecule has 0 radical (unpaired) electrons. The van der Waals surface area contributed by atoms with Crippen LogP contribution in [0.1, 0.15) is 23.2 Å². The van der Waals surface area contributed by atoms with Crippen molar-refractivity contribution in [3.63, 3.8) is 0 Å². The fraction of sp³-hybridized carbons (Fsp3) is 0.273. The monoisotopic (exact) mass is 377 g/mol. The molecule has 4 rings (SSSR count). The zero-order valence-corrected chi connectivity index (χ0v) is 15.8. The third-order valence-electron chi connectivity index (χ3n) is 5.06. The van der Waals surface area contributed by atoms with E-state index in [1.54, 1.807) is 22.9 Å². The minimum Gasteiger partial charge on any atom is -0.497 e. The van der Waals surface area contributed by atoms with Crippen LogP contribution in [0.4, 0.5) is 0 Å². The van der Waals surface area contributed by atoms with E-state index in [1.165, 1.54) is 0 Å². The Labute approximate surface area is 164 Å². The Kier molecular flexibility index (Phi) is 5.12. The summed E-state index contributed by atoms with van der Waals surface area (Å²) in [6.07, 6.45) is 2.67. The summed E-state index contributed by atoms with van der Waals surface area (Å²) in [6.45, 7) is 1.10. The zero-order valence-electron chi connectivity index (χ0n) is 15.8. The van der Waals surface area contributed by atoms with Gasteiger partial charge in [-0.05, 0) is 37.1 Å². The summed E-state index contributed by atoms with van der Waals surface area (Å²) in [7, 11) is 1.62. The average molecular weight is 377 g/mol. The lowest BCUT2D eigenvalue weighted by Crippen LogP contribution is -2.40. The molecule has 1 aliphatic heterocycles. The first kappa shape index (κ1) is 18.3. The van der Waals surface area contributed by atoms with Crippen LogP contribution in [0.25, 0.3) is 16.9 Å². The maximum Gasteiger partial charge on any atom is 0.257 e. The molecule has 144 valence electrons. The number of likely N-dealkylation sites (tertiary alicyclic amines) is 1. The van der Waals surface area contributed by atoms with Crippen molar-refractivity contribution in [2.24, 2.45) is 0 Å². The molecule has 0 aliphatic carbocycles. The molecule has 6 heteroatoms. The van der Waals surface area contributed by atoms with Gasteiger partial charge >= 0.3 is 0 Å². The molecule has 1 fully saturated rings. The molecule has 0 spiro atoms. The number of carbonyl (C=O) groups is 1. The lowest BCUT2D eigenvalue weighted by atomic mass is 10.0. The number of aliphatic hydroxyl groups is 1. The van der Waals surface area contributed by atoms with Crippen LogP contribution < -0.4 is 4.74 Å². The number of hydrogen-bond acceptors (Lipinski definition) is 4. The molecule has 1 saturated heterocycles. The van der Waals surface area contributed by atoms with Crippen LogP contribution in [0.2, 0.25) is 0 Å². The molecule has 1 N–H and O–H groups in total. The Balaban J connectivity index is 1.76. The largest absolute Gasteiger partial charge is 0.497 e. The smallest absolute Gasteiger partial charge is 0.257 e. The maximum atomic E-state index is 13.3. The maximum absolute atomic E-state index is 13.3. The van der Waals surface area contributed by atoms with Crippen molar-refractivity contribution in [3.8, 4) is 22.7 Å². The van der Waals surface area contributed by atoms with Crippen molar-refractivity contribution in [2.75, 3.05) is 20.2 Å². The first-order chi connectivity index (χ1) is 13.7. The highest BCUT2D eigenvalue weighted by atomic mass is 16.5. The molecule has 1 amide bonds. The summed E-state index contributed by atoms with van der Waals surface area (Å²) in [6, 6.07) is 17.3. The fourth-order valence-electron chi connectivity index (χ4n) is 3.47. The summed E-state index contributed by atoms with van der Waals surface area (Å²) in [4.78, 5) is 15.1. The van der Waals surface area contributed by atoms with Crippen LogP contribution >= 0.6 is 0 Å². The van der Waals surface area contributed by atoms with E-state index in [4.69, 9.17) is 9.84 Å². The van der Waals surface area contributed by atoms with Crippen LogP contribution in [0.3, 0.4) is 0 Å². The first-order valence-corrected chi connectivity index (χ1v) is 9.42. The van der Waals surface area contributed by atoms with E-state index in [2.05, 4.69) is 0 Å². The van der Waals surface area contributed by atoms with Crippen LogP contribution in [-0.2, 0) is 0 Å². The Bertz CT molecular complexity index is 960. The van der Waals surface area contributed by atoms with Crippen molar-refractivity contribution in [1.82, 2.24) is 14.7 Å². The van der Waals surface area contributed by atoms with Crippen LogP contribution in [0, 0.1) is 0 Å². The number of rotatable bonds is 4. The van der Waals surface area contributed by atoms with Gasteiger partial charge in [0.05, 0.1) is 24.5 Å². The van der Waals surface area contributed by atoms with Gasteiger partial charge in [-0.3, -0.25) is 4.79 Å². The molecule has 1 aliphatic rings. The molecule has 2 aromatic carbocycles. The molecular formula is C22H23N3O3. The van der Waals surface area contributed by atoms with E-state index in [0.29, 0.717) is 42.9 Å². The topological polar surface area (TPSA) is 67.6 Å². The van der Waals surface area contributed by atoms with Gasteiger partial charge in [0.25, 0.3) is 5.91 Å². The van der Waals surface area contributed by atoms with Crippen molar-refractivity contribution in [1.29, 1.82) is 0 Å². The summed E-state index contributed by atoms with van der Waals surface area (Å²) < 4.78 is 7.08. The Hall–Kier alpha value is -3.12. The van der Waals surface area contributed by atoms with Gasteiger partial charge in [0, 0.05) is 24.8 Å². The second-order valence-electron chi connectivity index (χ2n) is 6.93. The number of aliphatic hydroxyl groups excluding tert-OH is 1. The molecule has 0 atom stereocenters. The van der Waals surface area contributed by atoms with Gasteiger partial charge in [0.15, 0.2) is 0 Å². The molecule has 1 aromatic heterocycles. The second kappa shape index (κ2) is 7.86. The van der Waals surface area contributed by atoms with E-state index in [-0.39, 0.29) is 12.0 Å². The predicted octanol–water partition coefficient (Wildman–Crippen LogP) is 3.14. The minimum atomic E-state index is -0.325. The lowest BCUT2D eigenvalue weighted by molar-refractivity contribution is 0.0547. The molecular weight excluding hydrogens is 354 g/mol. The number of hydrogen-bond donors (Lipinski definition) is 1. The number of nitrogens with zero attached hydrogens (tertiary/aromatic N) is 3. The van der Waals surface area contributed by atoms with E-state index in [0.717, 1.165) is 11.3 Å². The highest BCUT2D eigenvalue weighted by Crippen LogP contribution is 2.28. The Morgan fingerprint density at radius 2 is 1.86 bits per heavy atom. The second-order valence-corrected chi connectivity index (χ2v) is 6.93. The third kappa shape index (κ3) is 3.64. The van der Waals surface area contributed by atoms with Gasteiger partial charge in [0.1, 0.15) is 11.4 Å². The molecule has 0 bridgehead atoms. The van der Waals surface area contributed by atoms with E-state index < -0.39 is 0 Å². The van der Waals surface area contributed by atoms with Gasteiger partial charge in [-0.15, -0.1) is 0 Å². The number of carbonyl (C=O) groups excluding carboxylic acids is 1. The molecule has 6 nitrogen and oxygen atoms in total. The highest BCUT2D eigenvalue weighted by molar-refractivity contribution is 6.00. The molecule has 28 heavy (non-hydrogen) atoms. The number of aromatic nitrogens is 2. The standard InChI is InChI=1S/C22H23N3O3/c1-28-19-9-5-6-16(14-19)21-20(22(27)24-12-10-18(26)11-13-24)15-25(23-21)17-7-3-2-4-8-17/h2-9,14-15,18,26H,10-13H2,1H3. The van der Waals surface area contributed by atoms with Gasteiger partial charge < -0.3 is 14.7 Å². The average Bonchev–Trinajstić information content (AvgIpc) is 3.20. The number of methoxy groups -OCH3 is 1. The third-order valence-corrected chi connectivity index (χ3v) is 5.06. The first-order valence-electron chi connectivity index (χ1n) is 9.42. The van der Waals surface area contributed by atoms with Crippen LogP contribution in [-0.4, -0.2) is 52.0 Å². The molecule has 0 saturated carbocycles. The number of para-hydroxylation sites is 1. The fourth-order valence-corrected chi connectivity index (χ4v) is 3.47. The number of benzene rings is 2. The van der Waals surface area contributed by atoms with E-state index in [9.17, 15) is 9.90 Å². The SMILES string of the molecule is COc1cccc(-c2nn(-c3ccccc3)cc2C(=O)N2CCC(O)CC2)c1. The number of ether oxygens (including phenoxy) is 1.